The van der Waals surface area contributed by atoms with Crippen LogP contribution in [-0.4, -0.2) is 25.2 Å². The highest BCUT2D eigenvalue weighted by Gasteiger charge is 2.19. The van der Waals surface area contributed by atoms with E-state index in [1.807, 2.05) is 0 Å². The molecule has 0 N–H and O–H groups in total. The van der Waals surface area contributed by atoms with Crippen LogP contribution in [0.1, 0.15) is 113 Å². The van der Waals surface area contributed by atoms with Crippen molar-refractivity contribution in [2.24, 2.45) is 11.8 Å². The van der Waals surface area contributed by atoms with Crippen LogP contribution in [0, 0.1) is 11.8 Å². The molecule has 4 heteroatoms. The zero-order valence-electron chi connectivity index (χ0n) is 19.6. The van der Waals surface area contributed by atoms with E-state index in [9.17, 15) is 9.59 Å². The van der Waals surface area contributed by atoms with Crippen LogP contribution in [0.3, 0.4) is 0 Å². The fourth-order valence-electron chi connectivity index (χ4n) is 3.65. The predicted octanol–water partition coefficient (Wildman–Crippen LogP) is 7.21. The van der Waals surface area contributed by atoms with E-state index < -0.39 is 11.9 Å². The van der Waals surface area contributed by atoms with E-state index in [2.05, 4.69) is 27.7 Å². The summed E-state index contributed by atoms with van der Waals surface area (Å²) < 4.78 is 10.9. The molecule has 1 aromatic carbocycles. The number of carbonyl (C=O) groups is 2. The third kappa shape index (κ3) is 10.3. The van der Waals surface area contributed by atoms with Crippen molar-refractivity contribution < 1.29 is 19.1 Å². The van der Waals surface area contributed by atoms with Gasteiger partial charge in [0.15, 0.2) is 0 Å². The van der Waals surface area contributed by atoms with Gasteiger partial charge in [-0.15, -0.1) is 0 Å². The first-order valence-electron chi connectivity index (χ1n) is 12.0. The molecule has 0 spiro atoms. The second-order valence-electron chi connectivity index (χ2n) is 8.41. The summed E-state index contributed by atoms with van der Waals surface area (Å²) in [6, 6.07) is 6.77. The Morgan fingerprint density at radius 3 is 1.87 bits per heavy atom. The zero-order valence-corrected chi connectivity index (χ0v) is 19.6. The van der Waals surface area contributed by atoms with Crippen LogP contribution >= 0.6 is 0 Å². The maximum absolute atomic E-state index is 12.5. The summed E-state index contributed by atoms with van der Waals surface area (Å²) in [5, 5.41) is 0. The Morgan fingerprint density at radius 1 is 0.767 bits per heavy atom. The molecule has 170 valence electrons. The Balaban J connectivity index is 2.49. The quantitative estimate of drug-likeness (QED) is 0.210. The smallest absolute Gasteiger partial charge is 0.339 e. The molecule has 0 saturated heterocycles. The summed E-state index contributed by atoms with van der Waals surface area (Å²) in [5.74, 6) is 0.340. The van der Waals surface area contributed by atoms with Crippen molar-refractivity contribution in [3.05, 3.63) is 35.4 Å². The molecule has 0 aliphatic rings. The van der Waals surface area contributed by atoms with Crippen molar-refractivity contribution in [3.8, 4) is 0 Å². The molecule has 0 aliphatic carbocycles. The first-order chi connectivity index (χ1) is 14.5. The molecule has 1 aromatic rings. The summed E-state index contributed by atoms with van der Waals surface area (Å²) >= 11 is 0. The van der Waals surface area contributed by atoms with Crippen LogP contribution in [0.4, 0.5) is 0 Å². The Labute approximate surface area is 183 Å². The van der Waals surface area contributed by atoms with Gasteiger partial charge in [-0.2, -0.15) is 0 Å². The molecule has 1 rings (SSSR count). The van der Waals surface area contributed by atoms with Crippen LogP contribution in [0.15, 0.2) is 24.3 Å². The van der Waals surface area contributed by atoms with Crippen LogP contribution in [-0.2, 0) is 9.47 Å². The molecule has 4 nitrogen and oxygen atoms in total. The molecule has 0 radical (unpaired) electrons. The summed E-state index contributed by atoms with van der Waals surface area (Å²) in [6.07, 6.45) is 11.1. The van der Waals surface area contributed by atoms with Gasteiger partial charge < -0.3 is 9.47 Å². The Morgan fingerprint density at radius 2 is 1.30 bits per heavy atom. The third-order valence-corrected chi connectivity index (χ3v) is 5.79. The van der Waals surface area contributed by atoms with Gasteiger partial charge in [0.1, 0.15) is 0 Å². The molecule has 0 unspecified atom stereocenters. The number of unbranched alkanes of at least 4 members (excludes halogenated alkanes) is 2. The van der Waals surface area contributed by atoms with Crippen molar-refractivity contribution in [1.29, 1.82) is 0 Å². The van der Waals surface area contributed by atoms with Crippen LogP contribution in [0.25, 0.3) is 0 Å². The highest BCUT2D eigenvalue weighted by Crippen LogP contribution is 2.18. The summed E-state index contributed by atoms with van der Waals surface area (Å²) in [7, 11) is 0. The van der Waals surface area contributed by atoms with Gasteiger partial charge in [0, 0.05) is 0 Å². The van der Waals surface area contributed by atoms with E-state index in [1.54, 1.807) is 24.3 Å². The predicted molar refractivity (Wildman–Crippen MR) is 123 cm³/mol. The largest absolute Gasteiger partial charge is 0.462 e. The summed E-state index contributed by atoms with van der Waals surface area (Å²) in [5.41, 5.74) is 0.583. The van der Waals surface area contributed by atoms with E-state index in [0.717, 1.165) is 25.7 Å². The first-order valence-corrected chi connectivity index (χ1v) is 12.0. The maximum Gasteiger partial charge on any atom is 0.339 e. The van der Waals surface area contributed by atoms with Crippen LogP contribution < -0.4 is 0 Å². The van der Waals surface area contributed by atoms with Gasteiger partial charge in [-0.1, -0.05) is 84.8 Å². The molecular weight excluding hydrogens is 376 g/mol. The van der Waals surface area contributed by atoms with E-state index in [0.29, 0.717) is 36.2 Å². The Kier molecular flexibility index (Phi) is 13.9. The highest BCUT2D eigenvalue weighted by molar-refractivity contribution is 6.03. The SMILES string of the molecule is CCCC[C@H](C)CCCOC(=O)c1ccccc1C(=O)OCC[C@H](CC)CCCC. The zero-order chi connectivity index (χ0) is 22.2. The minimum absolute atomic E-state index is 0.291. The second kappa shape index (κ2) is 15.9. The van der Waals surface area contributed by atoms with Gasteiger partial charge in [0.05, 0.1) is 24.3 Å². The number of hydrogen-bond donors (Lipinski definition) is 0. The lowest BCUT2D eigenvalue weighted by atomic mass is 9.96. The standard InChI is InChI=1S/C26H42O4/c1-5-8-13-21(4)14-12-19-29-25(27)23-16-10-11-17-24(23)26(28)30-20-18-22(7-3)15-9-6-2/h10-11,16-17,21-22H,5-9,12-15,18-20H2,1-4H3/t21-,22+/m0/s1. The number of ether oxygens (including phenoxy) is 2. The number of esters is 2. The lowest BCUT2D eigenvalue weighted by Crippen LogP contribution is -2.16. The maximum atomic E-state index is 12.5. The highest BCUT2D eigenvalue weighted by atomic mass is 16.5. The number of hydrogen-bond acceptors (Lipinski definition) is 4. The Hall–Kier alpha value is -1.84. The average molecular weight is 419 g/mol. The van der Waals surface area contributed by atoms with Gasteiger partial charge in [-0.25, -0.2) is 9.59 Å². The van der Waals surface area contributed by atoms with Gasteiger partial charge in [0.25, 0.3) is 0 Å². The van der Waals surface area contributed by atoms with Crippen LogP contribution in [0.2, 0.25) is 0 Å². The minimum atomic E-state index is -0.446. The van der Waals surface area contributed by atoms with Crippen molar-refractivity contribution in [2.75, 3.05) is 13.2 Å². The molecule has 0 amide bonds. The fraction of sp³-hybridized carbons (Fsp3) is 0.692. The number of carbonyl (C=O) groups excluding carboxylic acids is 2. The molecule has 0 saturated carbocycles. The molecular formula is C26H42O4. The van der Waals surface area contributed by atoms with Crippen molar-refractivity contribution >= 4 is 11.9 Å². The molecule has 0 fully saturated rings. The van der Waals surface area contributed by atoms with Crippen molar-refractivity contribution in [1.82, 2.24) is 0 Å². The van der Waals surface area contributed by atoms with Gasteiger partial charge >= 0.3 is 11.9 Å². The topological polar surface area (TPSA) is 52.6 Å². The van der Waals surface area contributed by atoms with E-state index in [1.165, 1.54) is 38.5 Å². The summed E-state index contributed by atoms with van der Waals surface area (Å²) in [6.45, 7) is 9.59. The normalized spacial score (nSPS) is 12.9. The molecule has 30 heavy (non-hydrogen) atoms. The monoisotopic (exact) mass is 418 g/mol. The van der Waals surface area contributed by atoms with E-state index in [-0.39, 0.29) is 0 Å². The van der Waals surface area contributed by atoms with Crippen molar-refractivity contribution in [2.45, 2.75) is 91.9 Å². The fourth-order valence-corrected chi connectivity index (χ4v) is 3.65. The Bertz CT molecular complexity index is 611. The van der Waals surface area contributed by atoms with Gasteiger partial charge in [-0.05, 0) is 43.2 Å². The molecule has 0 aromatic heterocycles. The third-order valence-electron chi connectivity index (χ3n) is 5.79. The molecule has 0 heterocycles. The second-order valence-corrected chi connectivity index (χ2v) is 8.41. The minimum Gasteiger partial charge on any atom is -0.462 e. The van der Waals surface area contributed by atoms with Gasteiger partial charge in [-0.3, -0.25) is 0 Å². The molecule has 2 atom stereocenters. The summed E-state index contributed by atoms with van der Waals surface area (Å²) in [4.78, 5) is 25.0. The molecule has 0 bridgehead atoms. The first kappa shape index (κ1) is 26.2. The van der Waals surface area contributed by atoms with E-state index in [4.69, 9.17) is 9.47 Å². The van der Waals surface area contributed by atoms with Crippen LogP contribution in [0.5, 0.6) is 0 Å². The van der Waals surface area contributed by atoms with Gasteiger partial charge in [0.2, 0.25) is 0 Å². The lowest BCUT2D eigenvalue weighted by Gasteiger charge is -2.15. The van der Waals surface area contributed by atoms with E-state index >= 15 is 0 Å². The lowest BCUT2D eigenvalue weighted by molar-refractivity contribution is 0.0439. The van der Waals surface area contributed by atoms with Crippen molar-refractivity contribution in [3.63, 3.8) is 0 Å². The average Bonchev–Trinajstić information content (AvgIpc) is 2.77. The number of benzene rings is 1. The number of rotatable bonds is 16. The molecule has 0 aliphatic heterocycles.